The zero-order valence-electron chi connectivity index (χ0n) is 9.29. The first-order valence-corrected chi connectivity index (χ1v) is 5.38. The van der Waals surface area contributed by atoms with Gasteiger partial charge in [-0.2, -0.15) is 0 Å². The molecular formula is C12H15NO3. The van der Waals surface area contributed by atoms with Crippen LogP contribution in [0.2, 0.25) is 0 Å². The first-order chi connectivity index (χ1) is 7.75. The second kappa shape index (κ2) is 4.88. The molecule has 0 spiro atoms. The minimum Gasteiger partial charge on any atom is -0.486 e. The monoisotopic (exact) mass is 221 g/mol. The van der Waals surface area contributed by atoms with Crippen molar-refractivity contribution in [2.24, 2.45) is 0 Å². The summed E-state index contributed by atoms with van der Waals surface area (Å²) < 4.78 is 10.9. The summed E-state index contributed by atoms with van der Waals surface area (Å²) >= 11 is 0. The van der Waals surface area contributed by atoms with Crippen LogP contribution in [0.15, 0.2) is 18.2 Å². The van der Waals surface area contributed by atoms with Crippen molar-refractivity contribution in [3.63, 3.8) is 0 Å². The van der Waals surface area contributed by atoms with Gasteiger partial charge in [0, 0.05) is 24.7 Å². The minimum atomic E-state index is 0.185. The lowest BCUT2D eigenvalue weighted by Crippen LogP contribution is -2.15. The molecule has 4 nitrogen and oxygen atoms in total. The highest BCUT2D eigenvalue weighted by Crippen LogP contribution is 2.32. The van der Waals surface area contributed by atoms with Gasteiger partial charge in [0.2, 0.25) is 0 Å². The van der Waals surface area contributed by atoms with Crippen molar-refractivity contribution in [1.82, 2.24) is 0 Å². The Morgan fingerprint density at radius 1 is 1.31 bits per heavy atom. The highest BCUT2D eigenvalue weighted by atomic mass is 16.6. The van der Waals surface area contributed by atoms with E-state index >= 15 is 0 Å². The molecule has 0 saturated heterocycles. The molecule has 0 unspecified atom stereocenters. The number of hydrogen-bond acceptors (Lipinski definition) is 4. The van der Waals surface area contributed by atoms with Crippen LogP contribution < -0.4 is 14.8 Å². The zero-order valence-corrected chi connectivity index (χ0v) is 9.29. The van der Waals surface area contributed by atoms with E-state index in [4.69, 9.17) is 9.47 Å². The average Bonchev–Trinajstić information content (AvgIpc) is 2.28. The predicted octanol–water partition coefficient (Wildman–Crippen LogP) is 1.85. The first kappa shape index (κ1) is 10.8. The van der Waals surface area contributed by atoms with E-state index in [0.717, 1.165) is 17.2 Å². The molecule has 0 bridgehead atoms. The first-order valence-electron chi connectivity index (χ1n) is 5.38. The number of carbonyl (C=O) groups is 1. The lowest BCUT2D eigenvalue weighted by atomic mass is 10.2. The molecule has 0 atom stereocenters. The van der Waals surface area contributed by atoms with Gasteiger partial charge in [-0.25, -0.2) is 0 Å². The summed E-state index contributed by atoms with van der Waals surface area (Å²) in [6.45, 7) is 3.43. The number of fused-ring (bicyclic) bond motifs is 1. The van der Waals surface area contributed by atoms with Crippen molar-refractivity contribution in [3.8, 4) is 11.5 Å². The van der Waals surface area contributed by atoms with E-state index < -0.39 is 0 Å². The average molecular weight is 221 g/mol. The van der Waals surface area contributed by atoms with Gasteiger partial charge in [-0.1, -0.05) is 0 Å². The maximum absolute atomic E-state index is 10.8. The van der Waals surface area contributed by atoms with Gasteiger partial charge in [0.15, 0.2) is 11.5 Å². The van der Waals surface area contributed by atoms with E-state index in [1.54, 1.807) is 6.92 Å². The normalized spacial score (nSPS) is 13.3. The Labute approximate surface area is 94.6 Å². The number of hydrogen-bond donors (Lipinski definition) is 1. The largest absolute Gasteiger partial charge is 0.486 e. The number of benzene rings is 1. The number of nitrogens with one attached hydrogen (secondary N) is 1. The van der Waals surface area contributed by atoms with Crippen molar-refractivity contribution < 1.29 is 14.3 Å². The van der Waals surface area contributed by atoms with Gasteiger partial charge in [0.05, 0.1) is 0 Å². The smallest absolute Gasteiger partial charge is 0.163 e. The van der Waals surface area contributed by atoms with Gasteiger partial charge in [0.25, 0.3) is 0 Å². The molecule has 16 heavy (non-hydrogen) atoms. The van der Waals surface area contributed by atoms with Crippen molar-refractivity contribution in [1.29, 1.82) is 0 Å². The molecule has 1 aromatic carbocycles. The summed E-state index contributed by atoms with van der Waals surface area (Å²) in [6.07, 6.45) is 0.536. The Bertz CT molecular complexity index is 390. The van der Waals surface area contributed by atoms with Crippen LogP contribution in [0.1, 0.15) is 13.3 Å². The maximum Gasteiger partial charge on any atom is 0.163 e. The second-order valence-electron chi connectivity index (χ2n) is 3.74. The summed E-state index contributed by atoms with van der Waals surface area (Å²) in [5, 5.41) is 3.17. The van der Waals surface area contributed by atoms with Crippen molar-refractivity contribution in [2.45, 2.75) is 13.3 Å². The van der Waals surface area contributed by atoms with Gasteiger partial charge >= 0.3 is 0 Å². The third kappa shape index (κ3) is 2.66. The van der Waals surface area contributed by atoms with E-state index in [-0.39, 0.29) is 5.78 Å². The molecular weight excluding hydrogens is 206 g/mol. The molecule has 0 saturated carbocycles. The molecule has 0 aliphatic carbocycles. The number of carbonyl (C=O) groups excluding carboxylic acids is 1. The quantitative estimate of drug-likeness (QED) is 0.842. The Hall–Kier alpha value is -1.71. The van der Waals surface area contributed by atoms with Gasteiger partial charge in [-0.05, 0) is 19.1 Å². The third-order valence-corrected chi connectivity index (χ3v) is 2.35. The molecule has 1 heterocycles. The fraction of sp³-hybridized carbons (Fsp3) is 0.417. The van der Waals surface area contributed by atoms with E-state index in [1.165, 1.54) is 0 Å². The van der Waals surface area contributed by atoms with Crippen LogP contribution in [0.5, 0.6) is 11.5 Å². The topological polar surface area (TPSA) is 47.6 Å². The van der Waals surface area contributed by atoms with Gasteiger partial charge in [0.1, 0.15) is 19.0 Å². The van der Waals surface area contributed by atoms with Crippen LogP contribution in [0.4, 0.5) is 5.69 Å². The molecule has 0 amide bonds. The molecule has 1 aromatic rings. The fourth-order valence-corrected chi connectivity index (χ4v) is 1.54. The molecule has 0 fully saturated rings. The fourth-order valence-electron chi connectivity index (χ4n) is 1.54. The molecule has 0 aromatic heterocycles. The van der Waals surface area contributed by atoms with Crippen LogP contribution in [-0.4, -0.2) is 25.5 Å². The number of ketones is 1. The Morgan fingerprint density at radius 3 is 2.81 bits per heavy atom. The highest BCUT2D eigenvalue weighted by Gasteiger charge is 2.11. The summed E-state index contributed by atoms with van der Waals surface area (Å²) in [7, 11) is 0. The Balaban J connectivity index is 1.97. The van der Waals surface area contributed by atoms with Gasteiger partial charge in [-0.15, -0.1) is 0 Å². The standard InChI is InChI=1S/C12H15NO3/c1-9(14)4-5-13-10-2-3-11-12(8-10)16-7-6-15-11/h2-3,8,13H,4-7H2,1H3. The summed E-state index contributed by atoms with van der Waals surface area (Å²) in [6, 6.07) is 5.70. The molecule has 4 heteroatoms. The lowest BCUT2D eigenvalue weighted by Gasteiger charge is -2.19. The number of Topliss-reactive ketones (excluding diaryl/α,β-unsaturated/α-hetero) is 1. The van der Waals surface area contributed by atoms with Crippen LogP contribution in [0.3, 0.4) is 0 Å². The second-order valence-corrected chi connectivity index (χ2v) is 3.74. The molecule has 2 rings (SSSR count). The van der Waals surface area contributed by atoms with Gasteiger partial charge in [-0.3, -0.25) is 4.79 Å². The van der Waals surface area contributed by atoms with E-state index in [0.29, 0.717) is 26.2 Å². The van der Waals surface area contributed by atoms with Crippen molar-refractivity contribution >= 4 is 11.5 Å². The summed E-state index contributed by atoms with van der Waals surface area (Å²) in [5.74, 6) is 1.73. The number of rotatable bonds is 4. The van der Waals surface area contributed by atoms with Crippen molar-refractivity contribution in [3.05, 3.63) is 18.2 Å². The molecule has 86 valence electrons. The van der Waals surface area contributed by atoms with Crippen LogP contribution in [0, 0.1) is 0 Å². The van der Waals surface area contributed by atoms with Crippen molar-refractivity contribution in [2.75, 3.05) is 25.1 Å². The van der Waals surface area contributed by atoms with Crippen LogP contribution in [-0.2, 0) is 4.79 Å². The summed E-state index contributed by atoms with van der Waals surface area (Å²) in [4.78, 5) is 10.8. The molecule has 1 aliphatic heterocycles. The van der Waals surface area contributed by atoms with Crippen LogP contribution >= 0.6 is 0 Å². The molecule has 1 aliphatic rings. The highest BCUT2D eigenvalue weighted by molar-refractivity contribution is 5.76. The Kier molecular flexibility index (Phi) is 3.29. The predicted molar refractivity (Wildman–Crippen MR) is 61.2 cm³/mol. The molecule has 0 radical (unpaired) electrons. The maximum atomic E-state index is 10.8. The van der Waals surface area contributed by atoms with Crippen LogP contribution in [0.25, 0.3) is 0 Å². The number of ether oxygens (including phenoxy) is 2. The molecule has 1 N–H and O–H groups in total. The number of anilines is 1. The third-order valence-electron chi connectivity index (χ3n) is 2.35. The summed E-state index contributed by atoms with van der Waals surface area (Å²) in [5.41, 5.74) is 0.950. The van der Waals surface area contributed by atoms with E-state index in [9.17, 15) is 4.79 Å². The zero-order chi connectivity index (χ0) is 11.4. The van der Waals surface area contributed by atoms with Gasteiger partial charge < -0.3 is 14.8 Å². The van der Waals surface area contributed by atoms with E-state index in [1.807, 2.05) is 18.2 Å². The minimum absolute atomic E-state index is 0.185. The lowest BCUT2D eigenvalue weighted by molar-refractivity contribution is -0.116. The Morgan fingerprint density at radius 2 is 2.06 bits per heavy atom. The SMILES string of the molecule is CC(=O)CCNc1ccc2c(c1)OCCO2. The van der Waals surface area contributed by atoms with E-state index in [2.05, 4.69) is 5.32 Å².